The van der Waals surface area contributed by atoms with Gasteiger partial charge in [0.2, 0.25) is 5.91 Å². The zero-order valence-corrected chi connectivity index (χ0v) is 13.3. The molecule has 2 N–H and O–H groups in total. The Morgan fingerprint density at radius 3 is 2.96 bits per heavy atom. The second-order valence-electron chi connectivity index (χ2n) is 5.55. The molecule has 2 heterocycles. The quantitative estimate of drug-likeness (QED) is 0.825. The number of rotatable bonds is 6. The number of carbonyl (C=O) groups is 1. The minimum Gasteiger partial charge on any atom is -0.486 e. The summed E-state index contributed by atoms with van der Waals surface area (Å²) in [7, 11) is 0. The van der Waals surface area contributed by atoms with E-state index in [1.807, 2.05) is 0 Å². The van der Waals surface area contributed by atoms with Gasteiger partial charge in [-0.15, -0.1) is 5.48 Å². The third kappa shape index (κ3) is 4.60. The molecule has 2 unspecified atom stereocenters. The predicted molar refractivity (Wildman–Crippen MR) is 85.0 cm³/mol. The van der Waals surface area contributed by atoms with E-state index in [9.17, 15) is 4.79 Å². The molecule has 2 atom stereocenters. The summed E-state index contributed by atoms with van der Waals surface area (Å²) in [6, 6.07) is 6.56. The second kappa shape index (κ2) is 7.68. The summed E-state index contributed by atoms with van der Waals surface area (Å²) >= 11 is 5.82. The van der Waals surface area contributed by atoms with Crippen molar-refractivity contribution in [1.82, 2.24) is 10.8 Å². The molecule has 124 valence electrons. The average molecular weight is 339 g/mol. The van der Waals surface area contributed by atoms with Crippen molar-refractivity contribution >= 4 is 17.5 Å². The van der Waals surface area contributed by atoms with Gasteiger partial charge in [0.15, 0.2) is 5.76 Å². The van der Waals surface area contributed by atoms with Crippen molar-refractivity contribution in [3.8, 4) is 5.75 Å². The van der Waals surface area contributed by atoms with Crippen LogP contribution in [0.3, 0.4) is 0 Å². The first-order valence-corrected chi connectivity index (χ1v) is 7.95. The highest BCUT2D eigenvalue weighted by Crippen LogP contribution is 2.17. The van der Waals surface area contributed by atoms with Crippen molar-refractivity contribution in [3.05, 3.63) is 41.1 Å². The van der Waals surface area contributed by atoms with E-state index in [0.29, 0.717) is 35.6 Å². The molecule has 1 aromatic carbocycles. The van der Waals surface area contributed by atoms with Crippen molar-refractivity contribution in [2.45, 2.75) is 12.5 Å². The normalized spacial score (nSPS) is 23.3. The fourth-order valence-corrected chi connectivity index (χ4v) is 2.51. The monoisotopic (exact) mass is 338 g/mol. The highest BCUT2D eigenvalue weighted by Gasteiger charge is 2.25. The first-order chi connectivity index (χ1) is 11.2. The summed E-state index contributed by atoms with van der Waals surface area (Å²) in [5.41, 5.74) is 2.69. The Hall–Kier alpha value is -1.76. The number of hydrogen-bond acceptors (Lipinski definition) is 5. The lowest BCUT2D eigenvalue weighted by Crippen LogP contribution is -2.41. The molecule has 23 heavy (non-hydrogen) atoms. The van der Waals surface area contributed by atoms with Gasteiger partial charge in [0.1, 0.15) is 18.4 Å². The Kier molecular flexibility index (Phi) is 5.38. The van der Waals surface area contributed by atoms with Crippen LogP contribution in [0.5, 0.6) is 5.75 Å². The maximum Gasteiger partial charge on any atom is 0.244 e. The summed E-state index contributed by atoms with van der Waals surface area (Å²) in [6.45, 7) is 2.36. The molecule has 3 rings (SSSR count). The lowest BCUT2D eigenvalue weighted by atomic mass is 10.1. The molecule has 0 saturated carbocycles. The zero-order chi connectivity index (χ0) is 16.1. The summed E-state index contributed by atoms with van der Waals surface area (Å²) in [6.07, 6.45) is 2.71. The van der Waals surface area contributed by atoms with Gasteiger partial charge in [-0.2, -0.15) is 0 Å². The van der Waals surface area contributed by atoms with E-state index >= 15 is 0 Å². The van der Waals surface area contributed by atoms with Gasteiger partial charge in [0, 0.05) is 24.1 Å². The second-order valence-corrected chi connectivity index (χ2v) is 5.98. The Morgan fingerprint density at radius 1 is 1.39 bits per heavy atom. The Labute approximate surface area is 139 Å². The fourth-order valence-electron chi connectivity index (χ4n) is 2.38. The minimum atomic E-state index is -0.499. The van der Waals surface area contributed by atoms with Crippen molar-refractivity contribution < 1.29 is 19.1 Å². The van der Waals surface area contributed by atoms with Gasteiger partial charge in [-0.3, -0.25) is 4.79 Å². The lowest BCUT2D eigenvalue weighted by molar-refractivity contribution is -0.123. The minimum absolute atomic E-state index is 0.113. The van der Waals surface area contributed by atoms with Crippen LogP contribution in [0.25, 0.3) is 0 Å². The smallest absolute Gasteiger partial charge is 0.244 e. The standard InChI is InChI=1S/C16H19ClN2O4/c17-12-1-3-13(4-2-12)22-10-14-7-15(19-23-14)16(20)18-8-11-5-6-21-9-11/h1-4,7,11,15,19H,5-6,8-10H2,(H,18,20). The highest BCUT2D eigenvalue weighted by molar-refractivity contribution is 6.30. The molecule has 0 aliphatic carbocycles. The van der Waals surface area contributed by atoms with Gasteiger partial charge in [0.25, 0.3) is 0 Å². The van der Waals surface area contributed by atoms with Gasteiger partial charge < -0.3 is 19.6 Å². The van der Waals surface area contributed by atoms with Gasteiger partial charge in [-0.05, 0) is 36.8 Å². The van der Waals surface area contributed by atoms with Crippen LogP contribution in [0.15, 0.2) is 36.1 Å². The average Bonchev–Trinajstić information content (AvgIpc) is 3.24. The molecule has 7 heteroatoms. The first-order valence-electron chi connectivity index (χ1n) is 7.57. The molecule has 1 fully saturated rings. The third-order valence-corrected chi connectivity index (χ3v) is 3.99. The van der Waals surface area contributed by atoms with E-state index in [2.05, 4.69) is 10.8 Å². The van der Waals surface area contributed by atoms with Gasteiger partial charge in [-0.1, -0.05) is 11.6 Å². The molecular weight excluding hydrogens is 320 g/mol. The Morgan fingerprint density at radius 2 is 2.22 bits per heavy atom. The maximum atomic E-state index is 12.1. The molecule has 2 aliphatic heterocycles. The molecule has 0 aromatic heterocycles. The van der Waals surface area contributed by atoms with E-state index in [-0.39, 0.29) is 12.5 Å². The summed E-state index contributed by atoms with van der Waals surface area (Å²) in [4.78, 5) is 17.3. The molecule has 6 nitrogen and oxygen atoms in total. The van der Waals surface area contributed by atoms with Crippen molar-refractivity contribution in [2.24, 2.45) is 5.92 Å². The van der Waals surface area contributed by atoms with Crippen molar-refractivity contribution in [2.75, 3.05) is 26.4 Å². The first kappa shape index (κ1) is 16.1. The SMILES string of the molecule is O=C(NCC1CCOC1)C1C=C(COc2ccc(Cl)cc2)ON1. The summed E-state index contributed by atoms with van der Waals surface area (Å²) in [5, 5.41) is 3.56. The molecule has 0 radical (unpaired) electrons. The van der Waals surface area contributed by atoms with Crippen LogP contribution < -0.4 is 15.5 Å². The number of carbonyl (C=O) groups excluding carboxylic acids is 1. The Bertz CT molecular complexity index is 570. The fraction of sp³-hybridized carbons (Fsp3) is 0.438. The highest BCUT2D eigenvalue weighted by atomic mass is 35.5. The van der Waals surface area contributed by atoms with Crippen LogP contribution in [-0.4, -0.2) is 38.3 Å². The van der Waals surface area contributed by atoms with Crippen LogP contribution in [0.1, 0.15) is 6.42 Å². The zero-order valence-electron chi connectivity index (χ0n) is 12.6. The summed E-state index contributed by atoms with van der Waals surface area (Å²) in [5.74, 6) is 1.55. The van der Waals surface area contributed by atoms with E-state index in [4.69, 9.17) is 25.9 Å². The van der Waals surface area contributed by atoms with Crippen LogP contribution in [0.4, 0.5) is 0 Å². The number of benzene rings is 1. The lowest BCUT2D eigenvalue weighted by Gasteiger charge is -2.12. The van der Waals surface area contributed by atoms with E-state index in [0.717, 1.165) is 13.0 Å². The topological polar surface area (TPSA) is 68.8 Å². The van der Waals surface area contributed by atoms with Gasteiger partial charge in [-0.25, -0.2) is 0 Å². The number of nitrogens with one attached hydrogen (secondary N) is 2. The van der Waals surface area contributed by atoms with Crippen LogP contribution in [0.2, 0.25) is 5.02 Å². The maximum absolute atomic E-state index is 12.1. The molecule has 0 bridgehead atoms. The number of ether oxygens (including phenoxy) is 2. The Balaban J connectivity index is 1.43. The van der Waals surface area contributed by atoms with E-state index in [1.54, 1.807) is 30.3 Å². The molecule has 1 saturated heterocycles. The largest absolute Gasteiger partial charge is 0.486 e. The number of amides is 1. The van der Waals surface area contributed by atoms with Crippen molar-refractivity contribution in [3.63, 3.8) is 0 Å². The number of halogens is 1. The van der Waals surface area contributed by atoms with Crippen LogP contribution in [0, 0.1) is 5.92 Å². The predicted octanol–water partition coefficient (Wildman–Crippen LogP) is 1.66. The van der Waals surface area contributed by atoms with E-state index < -0.39 is 6.04 Å². The number of hydrogen-bond donors (Lipinski definition) is 2. The molecule has 1 amide bonds. The van der Waals surface area contributed by atoms with Gasteiger partial charge in [0.05, 0.1) is 6.61 Å². The molecular formula is C16H19ClN2O4. The molecule has 1 aromatic rings. The van der Waals surface area contributed by atoms with Gasteiger partial charge >= 0.3 is 0 Å². The van der Waals surface area contributed by atoms with E-state index in [1.165, 1.54) is 0 Å². The van der Waals surface area contributed by atoms with Crippen LogP contribution in [-0.2, 0) is 14.4 Å². The molecule has 0 spiro atoms. The van der Waals surface area contributed by atoms with Crippen molar-refractivity contribution in [1.29, 1.82) is 0 Å². The summed E-state index contributed by atoms with van der Waals surface area (Å²) < 4.78 is 10.9. The van der Waals surface area contributed by atoms with Crippen LogP contribution >= 0.6 is 11.6 Å². The third-order valence-electron chi connectivity index (χ3n) is 3.74. The molecule has 2 aliphatic rings. The number of hydroxylamine groups is 1.